The molecule has 0 saturated carbocycles. The molecule has 0 aromatic heterocycles. The molecule has 0 fully saturated rings. The number of carbonyl (C=O) groups is 1. The number of benzene rings is 3. The zero-order valence-electron chi connectivity index (χ0n) is 21.4. The summed E-state index contributed by atoms with van der Waals surface area (Å²) in [5.41, 5.74) is 7.08. The van der Waals surface area contributed by atoms with Crippen molar-refractivity contribution in [3.8, 4) is 11.5 Å². The maximum absolute atomic E-state index is 13.9. The van der Waals surface area contributed by atoms with Gasteiger partial charge in [0.1, 0.15) is 0 Å². The molecule has 2 unspecified atom stereocenters. The Balaban J connectivity index is 1.63. The second-order valence-electron chi connectivity index (χ2n) is 9.81. The second kappa shape index (κ2) is 10.1. The maximum Gasteiger partial charge on any atom is 0.167 e. The zero-order valence-corrected chi connectivity index (χ0v) is 21.4. The fraction of sp³-hybridized carbons (Fsp3) is 0.323. The minimum absolute atomic E-state index is 0.0396. The van der Waals surface area contributed by atoms with Crippen LogP contribution in [0.3, 0.4) is 0 Å². The number of hydrogen-bond acceptors (Lipinski definition) is 5. The van der Waals surface area contributed by atoms with E-state index in [1.807, 2.05) is 50.2 Å². The molecule has 1 heterocycles. The van der Waals surface area contributed by atoms with Gasteiger partial charge < -0.3 is 20.1 Å². The summed E-state index contributed by atoms with van der Waals surface area (Å²) < 4.78 is 11.9. The van der Waals surface area contributed by atoms with Crippen molar-refractivity contribution in [2.75, 3.05) is 17.7 Å². The number of nitrogens with one attached hydrogen (secondary N) is 2. The van der Waals surface area contributed by atoms with Crippen molar-refractivity contribution < 1.29 is 14.3 Å². The minimum Gasteiger partial charge on any atom is -0.493 e. The number of para-hydroxylation sites is 3. The Morgan fingerprint density at radius 2 is 1.69 bits per heavy atom. The number of aryl methyl sites for hydroxylation is 1. The molecule has 36 heavy (non-hydrogen) atoms. The van der Waals surface area contributed by atoms with E-state index >= 15 is 0 Å². The highest BCUT2D eigenvalue weighted by atomic mass is 16.5. The molecule has 0 amide bonds. The zero-order chi connectivity index (χ0) is 25.2. The quantitative estimate of drug-likeness (QED) is 0.395. The van der Waals surface area contributed by atoms with E-state index in [2.05, 4.69) is 47.9 Å². The van der Waals surface area contributed by atoms with Crippen LogP contribution in [0, 0.1) is 0 Å². The Hall–Kier alpha value is -3.73. The molecule has 5 rings (SSSR count). The van der Waals surface area contributed by atoms with Gasteiger partial charge in [0.25, 0.3) is 0 Å². The van der Waals surface area contributed by atoms with Crippen LogP contribution in [-0.2, 0) is 11.2 Å². The highest BCUT2D eigenvalue weighted by molar-refractivity contribution is 6.01. The standard InChI is InChI=1S/C31H34N2O3/c1-5-20-13-15-21(16-14-20)22-17-26-29(27(34)18-22)30(33-25-11-7-6-10-24(25)32-26)23-9-8-12-28(35-4)31(23)36-19(2)3/h6-16,19,22,30,32-33H,5,17-18H2,1-4H3. The van der Waals surface area contributed by atoms with Gasteiger partial charge in [0.05, 0.1) is 30.6 Å². The molecule has 0 saturated heterocycles. The lowest BCUT2D eigenvalue weighted by molar-refractivity contribution is -0.116. The van der Waals surface area contributed by atoms with Gasteiger partial charge in [-0.2, -0.15) is 0 Å². The van der Waals surface area contributed by atoms with Crippen molar-refractivity contribution >= 4 is 17.2 Å². The molecule has 2 atom stereocenters. The Morgan fingerprint density at radius 1 is 0.944 bits per heavy atom. The van der Waals surface area contributed by atoms with Crippen LogP contribution in [0.25, 0.3) is 0 Å². The van der Waals surface area contributed by atoms with Gasteiger partial charge in [-0.25, -0.2) is 0 Å². The Morgan fingerprint density at radius 3 is 2.39 bits per heavy atom. The average molecular weight is 483 g/mol. The van der Waals surface area contributed by atoms with E-state index in [1.165, 1.54) is 11.1 Å². The molecule has 3 aromatic carbocycles. The smallest absolute Gasteiger partial charge is 0.167 e. The SMILES string of the molecule is CCc1ccc(C2CC(=O)C3=C(C2)Nc2ccccc2NC3c2cccc(OC)c2OC(C)C)cc1. The van der Waals surface area contributed by atoms with Crippen molar-refractivity contribution in [1.29, 1.82) is 0 Å². The van der Waals surface area contributed by atoms with E-state index in [0.29, 0.717) is 17.9 Å². The highest BCUT2D eigenvalue weighted by Crippen LogP contribution is 2.47. The number of hydrogen-bond donors (Lipinski definition) is 2. The fourth-order valence-electron chi connectivity index (χ4n) is 5.27. The third-order valence-electron chi connectivity index (χ3n) is 7.06. The minimum atomic E-state index is -0.365. The monoisotopic (exact) mass is 482 g/mol. The molecule has 3 aromatic rings. The second-order valence-corrected chi connectivity index (χ2v) is 9.81. The number of fused-ring (bicyclic) bond motifs is 1. The Labute approximate surface area is 213 Å². The number of allylic oxidation sites excluding steroid dienone is 1. The van der Waals surface area contributed by atoms with Crippen molar-refractivity contribution in [3.63, 3.8) is 0 Å². The van der Waals surface area contributed by atoms with Crippen LogP contribution in [0.15, 0.2) is 78.0 Å². The lowest BCUT2D eigenvalue weighted by Crippen LogP contribution is -2.27. The third kappa shape index (κ3) is 4.58. The molecule has 186 valence electrons. The fourth-order valence-corrected chi connectivity index (χ4v) is 5.27. The van der Waals surface area contributed by atoms with Crippen molar-refractivity contribution in [1.82, 2.24) is 0 Å². The highest BCUT2D eigenvalue weighted by Gasteiger charge is 2.37. The number of ketones is 1. The van der Waals surface area contributed by atoms with E-state index in [1.54, 1.807) is 7.11 Å². The summed E-state index contributed by atoms with van der Waals surface area (Å²) in [6.07, 6.45) is 2.21. The van der Waals surface area contributed by atoms with E-state index in [4.69, 9.17) is 9.47 Å². The lowest BCUT2D eigenvalue weighted by Gasteiger charge is -2.31. The predicted octanol–water partition coefficient (Wildman–Crippen LogP) is 7.02. The first kappa shape index (κ1) is 24.0. The van der Waals surface area contributed by atoms with Gasteiger partial charge in [0.2, 0.25) is 0 Å². The first-order valence-corrected chi connectivity index (χ1v) is 12.8. The normalized spacial score (nSPS) is 19.1. The maximum atomic E-state index is 13.9. The summed E-state index contributed by atoms with van der Waals surface area (Å²) in [4.78, 5) is 13.9. The van der Waals surface area contributed by atoms with Crippen LogP contribution in [0.2, 0.25) is 0 Å². The van der Waals surface area contributed by atoms with Crippen LogP contribution >= 0.6 is 0 Å². The van der Waals surface area contributed by atoms with Gasteiger partial charge in [-0.1, -0.05) is 55.5 Å². The van der Waals surface area contributed by atoms with E-state index < -0.39 is 0 Å². The number of methoxy groups -OCH3 is 1. The van der Waals surface area contributed by atoms with Crippen LogP contribution in [0.4, 0.5) is 11.4 Å². The summed E-state index contributed by atoms with van der Waals surface area (Å²) >= 11 is 0. The Bertz CT molecular complexity index is 1290. The number of Topliss-reactive ketones (excluding diaryl/α,β-unsaturated/α-hetero) is 1. The summed E-state index contributed by atoms with van der Waals surface area (Å²) in [6.45, 7) is 6.16. The van der Waals surface area contributed by atoms with Gasteiger partial charge >= 0.3 is 0 Å². The molecular weight excluding hydrogens is 448 g/mol. The van der Waals surface area contributed by atoms with Gasteiger partial charge in [0.15, 0.2) is 17.3 Å². The largest absolute Gasteiger partial charge is 0.493 e. The predicted molar refractivity (Wildman–Crippen MR) is 145 cm³/mol. The third-order valence-corrected chi connectivity index (χ3v) is 7.06. The molecule has 5 heteroatoms. The van der Waals surface area contributed by atoms with E-state index in [9.17, 15) is 4.79 Å². The van der Waals surface area contributed by atoms with Gasteiger partial charge in [0, 0.05) is 23.3 Å². The first-order valence-electron chi connectivity index (χ1n) is 12.8. The summed E-state index contributed by atoms with van der Waals surface area (Å²) in [5.74, 6) is 1.62. The van der Waals surface area contributed by atoms with Gasteiger partial charge in [-0.15, -0.1) is 0 Å². The van der Waals surface area contributed by atoms with Crippen molar-refractivity contribution in [2.24, 2.45) is 0 Å². The van der Waals surface area contributed by atoms with Crippen LogP contribution in [-0.4, -0.2) is 19.0 Å². The summed E-state index contributed by atoms with van der Waals surface area (Å²) in [5, 5.41) is 7.29. The molecular formula is C31H34N2O3. The lowest BCUT2D eigenvalue weighted by atomic mass is 9.78. The molecule has 1 aliphatic carbocycles. The molecule has 0 bridgehead atoms. The molecule has 5 nitrogen and oxygen atoms in total. The van der Waals surface area contributed by atoms with Crippen LogP contribution < -0.4 is 20.1 Å². The van der Waals surface area contributed by atoms with E-state index in [-0.39, 0.29) is 23.8 Å². The van der Waals surface area contributed by atoms with E-state index in [0.717, 1.165) is 41.1 Å². The first-order chi connectivity index (χ1) is 17.5. The summed E-state index contributed by atoms with van der Waals surface area (Å²) in [6, 6.07) is 22.3. The van der Waals surface area contributed by atoms with Gasteiger partial charge in [-0.05, 0) is 61.9 Å². The number of rotatable bonds is 6. The summed E-state index contributed by atoms with van der Waals surface area (Å²) in [7, 11) is 1.65. The topological polar surface area (TPSA) is 59.6 Å². The Kier molecular flexibility index (Phi) is 6.73. The van der Waals surface area contributed by atoms with Crippen molar-refractivity contribution in [3.05, 3.63) is 94.7 Å². The van der Waals surface area contributed by atoms with Gasteiger partial charge in [-0.3, -0.25) is 4.79 Å². The molecule has 0 spiro atoms. The molecule has 0 radical (unpaired) electrons. The van der Waals surface area contributed by atoms with Crippen molar-refractivity contribution in [2.45, 2.75) is 58.1 Å². The average Bonchev–Trinajstić information content (AvgIpc) is 3.05. The number of carbonyl (C=O) groups excluding carboxylic acids is 1. The number of anilines is 2. The molecule has 2 N–H and O–H groups in total. The van der Waals surface area contributed by atoms with Crippen LogP contribution in [0.5, 0.6) is 11.5 Å². The molecule has 1 aliphatic heterocycles. The number of ether oxygens (including phenoxy) is 2. The van der Waals surface area contributed by atoms with Crippen LogP contribution in [0.1, 0.15) is 62.3 Å². The molecule has 2 aliphatic rings.